The van der Waals surface area contributed by atoms with Gasteiger partial charge in [-0.05, 0) is 26.3 Å². The highest BCUT2D eigenvalue weighted by Crippen LogP contribution is 2.25. The van der Waals surface area contributed by atoms with Gasteiger partial charge in [-0.15, -0.1) is 0 Å². The number of sulfone groups is 1. The van der Waals surface area contributed by atoms with Crippen LogP contribution < -0.4 is 0 Å². The number of hydrogen-bond donors (Lipinski definition) is 0. The second-order valence-electron chi connectivity index (χ2n) is 5.67. The third-order valence-electron chi connectivity index (χ3n) is 2.96. The molecule has 0 saturated carbocycles. The van der Waals surface area contributed by atoms with Gasteiger partial charge in [-0.2, -0.15) is 0 Å². The van der Waals surface area contributed by atoms with E-state index in [2.05, 4.69) is 5.16 Å². The summed E-state index contributed by atoms with van der Waals surface area (Å²) in [4.78, 5) is 5.13. The summed E-state index contributed by atoms with van der Waals surface area (Å²) in [6.45, 7) is 5.46. The Balaban J connectivity index is 2.12. The summed E-state index contributed by atoms with van der Waals surface area (Å²) in [6, 6.07) is 9.65. The van der Waals surface area contributed by atoms with Crippen LogP contribution in [0.4, 0.5) is 0 Å². The monoisotopic (exact) mass is 293 g/mol. The Hall–Kier alpha value is -1.62. The molecule has 20 heavy (non-hydrogen) atoms. The van der Waals surface area contributed by atoms with E-state index in [1.807, 2.05) is 57.2 Å². The average Bonchev–Trinajstić information content (AvgIpc) is 2.71. The summed E-state index contributed by atoms with van der Waals surface area (Å²) >= 11 is 0. The van der Waals surface area contributed by atoms with E-state index in [-0.39, 0.29) is 10.8 Å². The first-order chi connectivity index (χ1) is 9.28. The predicted molar refractivity (Wildman–Crippen MR) is 81.1 cm³/mol. The van der Waals surface area contributed by atoms with E-state index in [0.29, 0.717) is 6.42 Å². The maximum atomic E-state index is 12.3. The van der Waals surface area contributed by atoms with Crippen molar-refractivity contribution >= 4 is 21.0 Å². The Labute approximate surface area is 120 Å². The fourth-order valence-corrected chi connectivity index (χ4v) is 3.60. The minimum atomic E-state index is -3.39. The zero-order valence-corrected chi connectivity index (χ0v) is 12.8. The highest BCUT2D eigenvalue weighted by atomic mass is 32.2. The van der Waals surface area contributed by atoms with E-state index >= 15 is 0 Å². The van der Waals surface area contributed by atoms with E-state index in [0.717, 1.165) is 11.1 Å². The highest BCUT2D eigenvalue weighted by Gasteiger charge is 2.35. The molecule has 0 bridgehead atoms. The molecule has 1 aromatic carbocycles. The summed E-state index contributed by atoms with van der Waals surface area (Å²) < 4.78 is 24.5. The minimum Gasteiger partial charge on any atom is -0.389 e. The molecule has 0 atom stereocenters. The van der Waals surface area contributed by atoms with Crippen molar-refractivity contribution in [1.29, 1.82) is 0 Å². The predicted octanol–water partition coefficient (Wildman–Crippen LogP) is 3.02. The van der Waals surface area contributed by atoms with Crippen LogP contribution in [0.5, 0.6) is 0 Å². The molecule has 0 aliphatic carbocycles. The van der Waals surface area contributed by atoms with Crippen LogP contribution in [0.15, 0.2) is 41.1 Å². The molecule has 2 rings (SSSR count). The quantitative estimate of drug-likeness (QED) is 0.860. The smallest absolute Gasteiger partial charge is 0.198 e. The average molecular weight is 293 g/mol. The molecule has 108 valence electrons. The molecule has 0 spiro atoms. The first-order valence-corrected chi connectivity index (χ1v) is 8.14. The molecule has 0 unspecified atom stereocenters. The summed E-state index contributed by atoms with van der Waals surface area (Å²) in [6.07, 6.45) is 2.20. The lowest BCUT2D eigenvalue weighted by molar-refractivity contribution is 0.0123. The van der Waals surface area contributed by atoms with Crippen molar-refractivity contribution in [2.45, 2.75) is 32.8 Å². The Morgan fingerprint density at radius 3 is 2.55 bits per heavy atom. The lowest BCUT2D eigenvalue weighted by Gasteiger charge is -2.13. The van der Waals surface area contributed by atoms with Crippen molar-refractivity contribution < 1.29 is 13.3 Å². The van der Waals surface area contributed by atoms with Crippen molar-refractivity contribution in [3.8, 4) is 0 Å². The zero-order valence-electron chi connectivity index (χ0n) is 12.0. The van der Waals surface area contributed by atoms with E-state index in [1.165, 1.54) is 0 Å². The van der Waals surface area contributed by atoms with Crippen molar-refractivity contribution in [2.24, 2.45) is 5.16 Å². The van der Waals surface area contributed by atoms with E-state index in [9.17, 15) is 8.42 Å². The molecule has 5 heteroatoms. The molecule has 0 saturated heterocycles. The van der Waals surface area contributed by atoms with Gasteiger partial charge in [0.2, 0.25) is 0 Å². The lowest BCUT2D eigenvalue weighted by atomic mass is 10.1. The van der Waals surface area contributed by atoms with E-state index in [1.54, 1.807) is 0 Å². The van der Waals surface area contributed by atoms with Crippen LogP contribution in [-0.4, -0.2) is 24.8 Å². The van der Waals surface area contributed by atoms with Crippen LogP contribution >= 0.6 is 0 Å². The molecule has 1 aliphatic rings. The molecule has 0 aromatic heterocycles. The van der Waals surface area contributed by atoms with Gasteiger partial charge in [0, 0.05) is 6.42 Å². The lowest BCUT2D eigenvalue weighted by Crippen LogP contribution is -2.24. The number of hydrogen-bond acceptors (Lipinski definition) is 4. The SMILES string of the molecule is CC(=Cc1ccccc1)CS(=O)(=O)C1=NOC(C)(C)C1. The van der Waals surface area contributed by atoms with Gasteiger partial charge in [-0.1, -0.05) is 47.1 Å². The minimum absolute atomic E-state index is 0.0276. The third kappa shape index (κ3) is 3.70. The van der Waals surface area contributed by atoms with E-state index in [4.69, 9.17) is 4.84 Å². The molecule has 1 aromatic rings. The molecule has 0 fully saturated rings. The summed E-state index contributed by atoms with van der Waals surface area (Å²) in [5, 5.41) is 3.86. The van der Waals surface area contributed by atoms with Gasteiger partial charge in [-0.25, -0.2) is 8.42 Å². The second kappa shape index (κ2) is 5.40. The molecular formula is C15H19NO3S. The van der Waals surface area contributed by atoms with Crippen molar-refractivity contribution in [1.82, 2.24) is 0 Å². The number of oxime groups is 1. The Kier molecular flexibility index (Phi) is 3.99. The van der Waals surface area contributed by atoms with Crippen LogP contribution in [0.2, 0.25) is 0 Å². The van der Waals surface area contributed by atoms with Gasteiger partial charge in [0.15, 0.2) is 14.9 Å². The number of nitrogens with zero attached hydrogens (tertiary/aromatic N) is 1. The standard InChI is InChI=1S/C15H19NO3S/c1-12(9-13-7-5-4-6-8-13)11-20(17,18)14-10-15(2,3)19-16-14/h4-9H,10-11H2,1-3H3. The van der Waals surface area contributed by atoms with E-state index < -0.39 is 15.4 Å². The summed E-state index contributed by atoms with van der Waals surface area (Å²) in [5.74, 6) is -0.0276. The van der Waals surface area contributed by atoms with Gasteiger partial charge < -0.3 is 4.84 Å². The fraction of sp³-hybridized carbons (Fsp3) is 0.400. The molecular weight excluding hydrogens is 274 g/mol. The maximum Gasteiger partial charge on any atom is 0.198 e. The molecule has 1 heterocycles. The van der Waals surface area contributed by atoms with Crippen LogP contribution in [0.25, 0.3) is 6.08 Å². The van der Waals surface area contributed by atoms with Crippen LogP contribution in [0.3, 0.4) is 0 Å². The largest absolute Gasteiger partial charge is 0.389 e. The molecule has 0 radical (unpaired) electrons. The van der Waals surface area contributed by atoms with Crippen LogP contribution in [0.1, 0.15) is 32.8 Å². The van der Waals surface area contributed by atoms with Gasteiger partial charge in [0.1, 0.15) is 5.60 Å². The summed E-state index contributed by atoms with van der Waals surface area (Å²) in [7, 11) is -3.39. The Morgan fingerprint density at radius 1 is 1.35 bits per heavy atom. The fourth-order valence-electron chi connectivity index (χ4n) is 2.03. The highest BCUT2D eigenvalue weighted by molar-refractivity contribution is 8.06. The first-order valence-electron chi connectivity index (χ1n) is 6.49. The van der Waals surface area contributed by atoms with Crippen molar-refractivity contribution in [3.63, 3.8) is 0 Å². The summed E-state index contributed by atoms with van der Waals surface area (Å²) in [5.41, 5.74) is 1.24. The maximum absolute atomic E-state index is 12.3. The molecule has 1 aliphatic heterocycles. The van der Waals surface area contributed by atoms with Crippen molar-refractivity contribution in [2.75, 3.05) is 5.75 Å². The number of benzene rings is 1. The van der Waals surface area contributed by atoms with Gasteiger partial charge in [-0.3, -0.25) is 0 Å². The normalized spacial score (nSPS) is 18.6. The van der Waals surface area contributed by atoms with Crippen LogP contribution in [-0.2, 0) is 14.7 Å². The second-order valence-corrected chi connectivity index (χ2v) is 7.66. The first kappa shape index (κ1) is 14.8. The van der Waals surface area contributed by atoms with Gasteiger partial charge in [0.25, 0.3) is 0 Å². The Morgan fingerprint density at radius 2 is 2.00 bits per heavy atom. The third-order valence-corrected chi connectivity index (χ3v) is 4.73. The topological polar surface area (TPSA) is 55.7 Å². The van der Waals surface area contributed by atoms with Gasteiger partial charge in [0.05, 0.1) is 5.75 Å². The van der Waals surface area contributed by atoms with Crippen LogP contribution in [0, 0.1) is 0 Å². The molecule has 0 N–H and O–H groups in total. The molecule has 0 amide bonds. The number of rotatable bonds is 3. The Bertz CT molecular complexity index is 643. The van der Waals surface area contributed by atoms with Gasteiger partial charge >= 0.3 is 0 Å². The van der Waals surface area contributed by atoms with Crippen molar-refractivity contribution in [3.05, 3.63) is 41.5 Å². The molecule has 4 nitrogen and oxygen atoms in total. The zero-order chi connectivity index (χ0) is 14.8.